The standard InChI is InChI=1S/C10H11/c1-4-10-7-8(2)5-6-9(10)3/h4-7H,1,3H2,2H3. The normalized spacial score (nSPS) is 9.40. The van der Waals surface area contributed by atoms with Crippen LogP contribution in [0.15, 0.2) is 24.8 Å². The Morgan fingerprint density at radius 3 is 2.60 bits per heavy atom. The molecule has 0 aromatic heterocycles. The first-order chi connectivity index (χ1) is 4.74. The van der Waals surface area contributed by atoms with Gasteiger partial charge in [-0.05, 0) is 25.0 Å². The fourth-order valence-corrected chi connectivity index (χ4v) is 0.904. The zero-order valence-corrected chi connectivity index (χ0v) is 6.22. The van der Waals surface area contributed by atoms with E-state index in [1.54, 1.807) is 0 Å². The summed E-state index contributed by atoms with van der Waals surface area (Å²) in [6.07, 6.45) is 1.83. The van der Waals surface area contributed by atoms with Crippen molar-refractivity contribution in [1.82, 2.24) is 0 Å². The molecule has 0 aliphatic carbocycles. The summed E-state index contributed by atoms with van der Waals surface area (Å²) < 4.78 is 0. The lowest BCUT2D eigenvalue weighted by atomic mass is 10.1. The van der Waals surface area contributed by atoms with Crippen LogP contribution in [-0.4, -0.2) is 0 Å². The maximum absolute atomic E-state index is 3.86. The van der Waals surface area contributed by atoms with Crippen molar-refractivity contribution in [3.8, 4) is 0 Å². The average Bonchev–Trinajstić information content (AvgIpc) is 1.94. The number of rotatable bonds is 1. The second-order valence-corrected chi connectivity index (χ2v) is 2.41. The Bertz CT molecular complexity index is 246. The van der Waals surface area contributed by atoms with Gasteiger partial charge in [-0.15, -0.1) is 0 Å². The van der Waals surface area contributed by atoms with Gasteiger partial charge in [-0.25, -0.2) is 0 Å². The van der Waals surface area contributed by atoms with Crippen LogP contribution >= 0.6 is 0 Å². The summed E-state index contributed by atoms with van der Waals surface area (Å²) in [5, 5.41) is 0. The van der Waals surface area contributed by atoms with Crippen LogP contribution in [0.3, 0.4) is 0 Å². The van der Waals surface area contributed by atoms with Crippen molar-refractivity contribution in [3.05, 3.63) is 48.4 Å². The number of benzene rings is 1. The van der Waals surface area contributed by atoms with Gasteiger partial charge in [-0.1, -0.05) is 36.4 Å². The lowest BCUT2D eigenvalue weighted by molar-refractivity contribution is 1.43. The first kappa shape index (κ1) is 7.07. The predicted octanol–water partition coefficient (Wildman–Crippen LogP) is 2.82. The van der Waals surface area contributed by atoms with Crippen LogP contribution < -0.4 is 0 Å². The van der Waals surface area contributed by atoms with Crippen molar-refractivity contribution >= 4 is 6.08 Å². The van der Waals surface area contributed by atoms with Gasteiger partial charge in [0.05, 0.1) is 0 Å². The monoisotopic (exact) mass is 131 g/mol. The molecule has 0 N–H and O–H groups in total. The third-order valence-corrected chi connectivity index (χ3v) is 1.52. The summed E-state index contributed by atoms with van der Waals surface area (Å²) in [4.78, 5) is 0. The average molecular weight is 131 g/mol. The third-order valence-electron chi connectivity index (χ3n) is 1.52. The molecule has 0 spiro atoms. The van der Waals surface area contributed by atoms with E-state index in [0.717, 1.165) is 11.1 Å². The van der Waals surface area contributed by atoms with Gasteiger partial charge in [0.15, 0.2) is 0 Å². The number of hydrogen-bond donors (Lipinski definition) is 0. The molecule has 51 valence electrons. The van der Waals surface area contributed by atoms with Gasteiger partial charge < -0.3 is 0 Å². The highest BCUT2D eigenvalue weighted by molar-refractivity contribution is 5.54. The molecule has 0 heteroatoms. The van der Waals surface area contributed by atoms with Crippen LogP contribution in [0.4, 0.5) is 0 Å². The smallest absolute Gasteiger partial charge is 0.0228 e. The lowest BCUT2D eigenvalue weighted by Crippen LogP contribution is -1.80. The van der Waals surface area contributed by atoms with Crippen LogP contribution in [0, 0.1) is 13.8 Å². The van der Waals surface area contributed by atoms with Gasteiger partial charge in [0.2, 0.25) is 0 Å². The Kier molecular flexibility index (Phi) is 1.91. The van der Waals surface area contributed by atoms with Gasteiger partial charge in [-0.3, -0.25) is 0 Å². The molecular weight excluding hydrogens is 120 g/mol. The van der Waals surface area contributed by atoms with Crippen LogP contribution in [-0.2, 0) is 0 Å². The molecule has 0 atom stereocenters. The molecule has 0 saturated carbocycles. The highest BCUT2D eigenvalue weighted by Gasteiger charge is 1.91. The highest BCUT2D eigenvalue weighted by Crippen LogP contribution is 2.10. The van der Waals surface area contributed by atoms with Crippen molar-refractivity contribution in [2.24, 2.45) is 0 Å². The molecule has 0 heterocycles. The summed E-state index contributed by atoms with van der Waals surface area (Å²) in [5.41, 5.74) is 3.42. The molecule has 0 bridgehead atoms. The van der Waals surface area contributed by atoms with E-state index in [4.69, 9.17) is 0 Å². The Labute approximate surface area is 62.2 Å². The van der Waals surface area contributed by atoms with Crippen LogP contribution in [0.5, 0.6) is 0 Å². The van der Waals surface area contributed by atoms with Gasteiger partial charge in [-0.2, -0.15) is 0 Å². The van der Waals surface area contributed by atoms with Gasteiger partial charge in [0.1, 0.15) is 0 Å². The topological polar surface area (TPSA) is 0 Å². The summed E-state index contributed by atoms with van der Waals surface area (Å²) in [6, 6.07) is 6.14. The van der Waals surface area contributed by atoms with E-state index in [1.807, 2.05) is 12.1 Å². The number of hydrogen-bond acceptors (Lipinski definition) is 0. The Morgan fingerprint density at radius 2 is 2.10 bits per heavy atom. The minimum Gasteiger partial charge on any atom is -0.0985 e. The third kappa shape index (κ3) is 1.27. The van der Waals surface area contributed by atoms with Crippen molar-refractivity contribution in [3.63, 3.8) is 0 Å². The zero-order valence-electron chi connectivity index (χ0n) is 6.22. The molecule has 1 rings (SSSR count). The Morgan fingerprint density at radius 1 is 1.40 bits per heavy atom. The molecule has 0 fully saturated rings. The van der Waals surface area contributed by atoms with Gasteiger partial charge in [0.25, 0.3) is 0 Å². The Balaban J connectivity index is 3.21. The SMILES string of the molecule is [CH2]c1ccc(C)cc1C=C. The zero-order chi connectivity index (χ0) is 7.56. The summed E-state index contributed by atoms with van der Waals surface area (Å²) in [7, 11) is 0. The minimum atomic E-state index is 1.04. The summed E-state index contributed by atoms with van der Waals surface area (Å²) in [5.74, 6) is 0. The van der Waals surface area contributed by atoms with Crippen molar-refractivity contribution < 1.29 is 0 Å². The van der Waals surface area contributed by atoms with Crippen LogP contribution in [0.1, 0.15) is 16.7 Å². The molecule has 0 nitrogen and oxygen atoms in total. The summed E-state index contributed by atoms with van der Waals surface area (Å²) in [6.45, 7) is 9.62. The molecule has 0 unspecified atom stereocenters. The fourth-order valence-electron chi connectivity index (χ4n) is 0.904. The van der Waals surface area contributed by atoms with Crippen molar-refractivity contribution in [2.45, 2.75) is 6.92 Å². The van der Waals surface area contributed by atoms with E-state index < -0.39 is 0 Å². The molecule has 10 heavy (non-hydrogen) atoms. The number of aryl methyl sites for hydroxylation is 1. The minimum absolute atomic E-state index is 1.04. The molecule has 0 aliphatic heterocycles. The molecule has 0 aliphatic rings. The second-order valence-electron chi connectivity index (χ2n) is 2.41. The van der Waals surface area contributed by atoms with Crippen molar-refractivity contribution in [1.29, 1.82) is 0 Å². The van der Waals surface area contributed by atoms with Gasteiger partial charge in [0, 0.05) is 0 Å². The Hall–Kier alpha value is -1.04. The molecule has 1 aromatic carbocycles. The molecule has 1 aromatic rings. The second kappa shape index (κ2) is 2.70. The van der Waals surface area contributed by atoms with E-state index in [-0.39, 0.29) is 0 Å². The van der Waals surface area contributed by atoms with Crippen molar-refractivity contribution in [2.75, 3.05) is 0 Å². The lowest BCUT2D eigenvalue weighted by Gasteiger charge is -1.99. The first-order valence-electron chi connectivity index (χ1n) is 3.29. The summed E-state index contributed by atoms with van der Waals surface area (Å²) >= 11 is 0. The maximum atomic E-state index is 3.86. The predicted molar refractivity (Wildman–Crippen MR) is 45.7 cm³/mol. The van der Waals surface area contributed by atoms with E-state index in [0.29, 0.717) is 0 Å². The maximum Gasteiger partial charge on any atom is -0.0228 e. The van der Waals surface area contributed by atoms with E-state index in [2.05, 4.69) is 32.6 Å². The van der Waals surface area contributed by atoms with E-state index in [1.165, 1.54) is 5.56 Å². The van der Waals surface area contributed by atoms with Crippen LogP contribution in [0.2, 0.25) is 0 Å². The van der Waals surface area contributed by atoms with E-state index in [9.17, 15) is 0 Å². The highest BCUT2D eigenvalue weighted by atomic mass is 14.0. The first-order valence-corrected chi connectivity index (χ1v) is 3.29. The van der Waals surface area contributed by atoms with E-state index >= 15 is 0 Å². The largest absolute Gasteiger partial charge is 0.0985 e. The molecule has 0 saturated heterocycles. The fraction of sp³-hybridized carbons (Fsp3) is 0.100. The molecule has 0 amide bonds. The molecular formula is C10H11. The quantitative estimate of drug-likeness (QED) is 0.549. The van der Waals surface area contributed by atoms with Crippen LogP contribution in [0.25, 0.3) is 6.08 Å². The van der Waals surface area contributed by atoms with Gasteiger partial charge >= 0.3 is 0 Å². The molecule has 1 radical (unpaired) electrons.